The first-order valence-electron chi connectivity index (χ1n) is 7.16. The van der Waals surface area contributed by atoms with Crippen LogP contribution in [-0.2, 0) is 0 Å². The van der Waals surface area contributed by atoms with Crippen LogP contribution in [0.15, 0.2) is 54.6 Å². The van der Waals surface area contributed by atoms with Crippen molar-refractivity contribution in [2.45, 2.75) is 32.3 Å². The van der Waals surface area contributed by atoms with Gasteiger partial charge in [0.05, 0.1) is 12.7 Å². The van der Waals surface area contributed by atoms with Crippen LogP contribution in [0.2, 0.25) is 0 Å². The second-order valence-electron chi connectivity index (χ2n) is 5.07. The van der Waals surface area contributed by atoms with Crippen molar-refractivity contribution in [2.24, 2.45) is 0 Å². The molecule has 0 fully saturated rings. The minimum atomic E-state index is -0.467. The molecule has 0 saturated heterocycles. The number of ether oxygens (including phenoxy) is 1. The summed E-state index contributed by atoms with van der Waals surface area (Å²) in [5, 5.41) is 10.4. The van der Waals surface area contributed by atoms with Gasteiger partial charge in [-0.1, -0.05) is 49.4 Å². The highest BCUT2D eigenvalue weighted by atomic mass is 16.5. The summed E-state index contributed by atoms with van der Waals surface area (Å²) >= 11 is 0. The average molecular weight is 270 g/mol. The molecule has 0 spiro atoms. The Morgan fingerprint density at radius 2 is 1.70 bits per heavy atom. The zero-order valence-electron chi connectivity index (χ0n) is 12.1. The average Bonchev–Trinajstić information content (AvgIpc) is 2.48. The summed E-state index contributed by atoms with van der Waals surface area (Å²) in [6.07, 6.45) is 0.241. The van der Waals surface area contributed by atoms with Crippen molar-refractivity contribution in [1.29, 1.82) is 0 Å². The molecule has 2 aromatic rings. The SMILES string of the molecule is CCOc1cccc(C(O)CC(C)c2ccccc2)c1. The Hall–Kier alpha value is -1.80. The Morgan fingerprint density at radius 3 is 2.40 bits per heavy atom. The largest absolute Gasteiger partial charge is 0.494 e. The van der Waals surface area contributed by atoms with E-state index in [1.165, 1.54) is 5.56 Å². The maximum absolute atomic E-state index is 10.4. The number of aliphatic hydroxyl groups is 1. The highest BCUT2D eigenvalue weighted by Gasteiger charge is 2.14. The van der Waals surface area contributed by atoms with E-state index in [4.69, 9.17) is 4.74 Å². The molecular formula is C18H22O2. The molecule has 0 radical (unpaired) electrons. The van der Waals surface area contributed by atoms with E-state index in [0.29, 0.717) is 18.9 Å². The molecule has 0 heterocycles. The van der Waals surface area contributed by atoms with Gasteiger partial charge in [-0.25, -0.2) is 0 Å². The van der Waals surface area contributed by atoms with E-state index in [1.54, 1.807) is 0 Å². The standard InChI is InChI=1S/C18H22O2/c1-3-20-17-11-7-10-16(13-17)18(19)12-14(2)15-8-5-4-6-9-15/h4-11,13-14,18-19H,3,12H2,1-2H3. The topological polar surface area (TPSA) is 29.5 Å². The smallest absolute Gasteiger partial charge is 0.119 e. The summed E-state index contributed by atoms with van der Waals surface area (Å²) in [4.78, 5) is 0. The molecule has 1 N–H and O–H groups in total. The van der Waals surface area contributed by atoms with Crippen LogP contribution in [0.5, 0.6) is 5.75 Å². The third-order valence-corrected chi connectivity index (χ3v) is 3.50. The first kappa shape index (κ1) is 14.6. The van der Waals surface area contributed by atoms with Gasteiger partial charge >= 0.3 is 0 Å². The normalized spacial score (nSPS) is 13.8. The van der Waals surface area contributed by atoms with Crippen LogP contribution < -0.4 is 4.74 Å². The number of hydrogen-bond acceptors (Lipinski definition) is 2. The summed E-state index contributed by atoms with van der Waals surface area (Å²) in [7, 11) is 0. The molecular weight excluding hydrogens is 248 g/mol. The Balaban J connectivity index is 2.04. The molecule has 106 valence electrons. The van der Waals surface area contributed by atoms with Crippen LogP contribution in [0, 0.1) is 0 Å². The monoisotopic (exact) mass is 270 g/mol. The maximum Gasteiger partial charge on any atom is 0.119 e. The number of aliphatic hydroxyl groups excluding tert-OH is 1. The van der Waals surface area contributed by atoms with Gasteiger partial charge in [-0.3, -0.25) is 0 Å². The van der Waals surface area contributed by atoms with Gasteiger partial charge in [-0.2, -0.15) is 0 Å². The van der Waals surface area contributed by atoms with Crippen molar-refractivity contribution < 1.29 is 9.84 Å². The summed E-state index contributed by atoms with van der Waals surface area (Å²) < 4.78 is 5.48. The van der Waals surface area contributed by atoms with E-state index < -0.39 is 6.10 Å². The van der Waals surface area contributed by atoms with Crippen LogP contribution in [-0.4, -0.2) is 11.7 Å². The molecule has 0 aliphatic carbocycles. The van der Waals surface area contributed by atoms with Crippen molar-refractivity contribution in [3.63, 3.8) is 0 Å². The summed E-state index contributed by atoms with van der Waals surface area (Å²) in [6, 6.07) is 18.0. The van der Waals surface area contributed by atoms with Gasteiger partial charge in [0.1, 0.15) is 5.75 Å². The molecule has 2 nitrogen and oxygen atoms in total. The Labute approximate surface area is 121 Å². The van der Waals surface area contributed by atoms with Crippen LogP contribution >= 0.6 is 0 Å². The highest BCUT2D eigenvalue weighted by Crippen LogP contribution is 2.29. The van der Waals surface area contributed by atoms with E-state index in [9.17, 15) is 5.11 Å². The zero-order valence-corrected chi connectivity index (χ0v) is 12.1. The lowest BCUT2D eigenvalue weighted by Gasteiger charge is -2.17. The molecule has 0 amide bonds. The summed E-state index contributed by atoms with van der Waals surface area (Å²) in [5.74, 6) is 1.14. The molecule has 2 atom stereocenters. The molecule has 2 aromatic carbocycles. The Bertz CT molecular complexity index is 522. The fourth-order valence-corrected chi connectivity index (χ4v) is 2.37. The molecule has 0 saturated carbocycles. The van der Waals surface area contributed by atoms with Gasteiger partial charge in [0, 0.05) is 0 Å². The van der Waals surface area contributed by atoms with Crippen molar-refractivity contribution >= 4 is 0 Å². The van der Waals surface area contributed by atoms with E-state index in [-0.39, 0.29) is 0 Å². The first-order chi connectivity index (χ1) is 9.70. The highest BCUT2D eigenvalue weighted by molar-refractivity contribution is 5.30. The predicted molar refractivity (Wildman–Crippen MR) is 82.0 cm³/mol. The Morgan fingerprint density at radius 1 is 1.00 bits per heavy atom. The lowest BCUT2D eigenvalue weighted by molar-refractivity contribution is 0.159. The summed E-state index contributed by atoms with van der Waals surface area (Å²) in [5.41, 5.74) is 2.17. The van der Waals surface area contributed by atoms with Crippen molar-refractivity contribution in [3.05, 3.63) is 65.7 Å². The van der Waals surface area contributed by atoms with Crippen LogP contribution in [0.4, 0.5) is 0 Å². The molecule has 2 rings (SSSR count). The van der Waals surface area contributed by atoms with Gasteiger partial charge in [0.2, 0.25) is 0 Å². The minimum absolute atomic E-state index is 0.321. The molecule has 0 aromatic heterocycles. The van der Waals surface area contributed by atoms with Gasteiger partial charge in [0.15, 0.2) is 0 Å². The van der Waals surface area contributed by atoms with Crippen molar-refractivity contribution in [3.8, 4) is 5.75 Å². The van der Waals surface area contributed by atoms with Crippen LogP contribution in [0.25, 0.3) is 0 Å². The fourth-order valence-electron chi connectivity index (χ4n) is 2.37. The number of hydrogen-bond donors (Lipinski definition) is 1. The zero-order chi connectivity index (χ0) is 14.4. The van der Waals surface area contributed by atoms with Crippen molar-refractivity contribution in [1.82, 2.24) is 0 Å². The van der Waals surface area contributed by atoms with Crippen molar-refractivity contribution in [2.75, 3.05) is 6.61 Å². The molecule has 0 aliphatic heterocycles. The summed E-state index contributed by atoms with van der Waals surface area (Å²) in [6.45, 7) is 4.74. The minimum Gasteiger partial charge on any atom is -0.494 e. The van der Waals surface area contributed by atoms with Crippen LogP contribution in [0.3, 0.4) is 0 Å². The molecule has 0 bridgehead atoms. The number of rotatable bonds is 6. The van der Waals surface area contributed by atoms with Gasteiger partial charge < -0.3 is 9.84 Å². The maximum atomic E-state index is 10.4. The van der Waals surface area contributed by atoms with E-state index >= 15 is 0 Å². The van der Waals surface area contributed by atoms with E-state index in [0.717, 1.165) is 11.3 Å². The van der Waals surface area contributed by atoms with E-state index in [2.05, 4.69) is 19.1 Å². The third-order valence-electron chi connectivity index (χ3n) is 3.50. The van der Waals surface area contributed by atoms with Gasteiger partial charge in [-0.05, 0) is 42.5 Å². The lowest BCUT2D eigenvalue weighted by atomic mass is 9.92. The Kier molecular flexibility index (Phi) is 5.19. The molecule has 2 unspecified atom stereocenters. The number of benzene rings is 2. The van der Waals surface area contributed by atoms with Gasteiger partial charge in [-0.15, -0.1) is 0 Å². The van der Waals surface area contributed by atoms with Gasteiger partial charge in [0.25, 0.3) is 0 Å². The van der Waals surface area contributed by atoms with E-state index in [1.807, 2.05) is 49.4 Å². The second kappa shape index (κ2) is 7.11. The van der Waals surface area contributed by atoms with Crippen LogP contribution in [0.1, 0.15) is 43.4 Å². The second-order valence-corrected chi connectivity index (χ2v) is 5.07. The molecule has 2 heteroatoms. The molecule has 0 aliphatic rings. The predicted octanol–water partition coefficient (Wildman–Crippen LogP) is 4.31. The molecule has 20 heavy (non-hydrogen) atoms. The quantitative estimate of drug-likeness (QED) is 0.847. The lowest BCUT2D eigenvalue weighted by Crippen LogP contribution is -2.04. The first-order valence-corrected chi connectivity index (χ1v) is 7.16. The third kappa shape index (κ3) is 3.84. The fraction of sp³-hybridized carbons (Fsp3) is 0.333.